The Balaban J connectivity index is 1.56. The van der Waals surface area contributed by atoms with Crippen LogP contribution >= 0.6 is 0 Å². The maximum absolute atomic E-state index is 11.8. The van der Waals surface area contributed by atoms with Crippen molar-refractivity contribution in [2.75, 3.05) is 11.1 Å². The molecule has 1 saturated carbocycles. The first-order chi connectivity index (χ1) is 11.2. The van der Waals surface area contributed by atoms with Crippen molar-refractivity contribution in [1.29, 1.82) is 0 Å². The van der Waals surface area contributed by atoms with Crippen LogP contribution in [0.2, 0.25) is 0 Å². The normalized spacial score (nSPS) is 13.9. The Bertz CT molecular complexity index is 885. The van der Waals surface area contributed by atoms with Crippen LogP contribution in [0.1, 0.15) is 12.8 Å². The minimum atomic E-state index is -0.0165. The zero-order chi connectivity index (χ0) is 15.8. The topological polar surface area (TPSA) is 94.5 Å². The molecule has 0 unspecified atom stereocenters. The number of hydrogen-bond donors (Lipinski definition) is 2. The Morgan fingerprint density at radius 1 is 1.26 bits per heavy atom. The molecule has 23 heavy (non-hydrogen) atoms. The van der Waals surface area contributed by atoms with Crippen LogP contribution in [0.25, 0.3) is 5.65 Å². The molecule has 0 aliphatic heterocycles. The summed E-state index contributed by atoms with van der Waals surface area (Å²) in [5, 5.41) is 6.95. The first kappa shape index (κ1) is 13.6. The van der Waals surface area contributed by atoms with E-state index in [1.54, 1.807) is 35.0 Å². The van der Waals surface area contributed by atoms with Gasteiger partial charge in [0.2, 0.25) is 11.9 Å². The lowest BCUT2D eigenvalue weighted by Gasteiger charge is -2.05. The highest BCUT2D eigenvalue weighted by Crippen LogP contribution is 2.30. The van der Waals surface area contributed by atoms with Crippen molar-refractivity contribution < 1.29 is 9.53 Å². The van der Waals surface area contributed by atoms with E-state index >= 15 is 0 Å². The molecule has 1 fully saturated rings. The summed E-state index contributed by atoms with van der Waals surface area (Å²) in [6.07, 6.45) is 3.62. The zero-order valence-electron chi connectivity index (χ0n) is 12.3. The Kier molecular flexibility index (Phi) is 3.11. The van der Waals surface area contributed by atoms with Gasteiger partial charge in [-0.3, -0.25) is 10.1 Å². The summed E-state index contributed by atoms with van der Waals surface area (Å²) in [7, 11) is 0. The second kappa shape index (κ2) is 5.28. The minimum absolute atomic E-state index is 0.0165. The molecule has 1 aromatic carbocycles. The van der Waals surface area contributed by atoms with Crippen molar-refractivity contribution in [1.82, 2.24) is 14.6 Å². The third-order valence-electron chi connectivity index (χ3n) is 3.59. The third-order valence-corrected chi connectivity index (χ3v) is 3.59. The first-order valence-electron chi connectivity index (χ1n) is 7.38. The number of ether oxygens (including phenoxy) is 1. The SMILES string of the molecule is Nc1cccc(Oc2ccn3nc(NC(=O)C4CC4)nc3c2)c1. The second-order valence-electron chi connectivity index (χ2n) is 5.54. The Morgan fingerprint density at radius 2 is 2.09 bits per heavy atom. The highest BCUT2D eigenvalue weighted by molar-refractivity contribution is 5.92. The molecule has 116 valence electrons. The van der Waals surface area contributed by atoms with Gasteiger partial charge in [-0.15, -0.1) is 5.10 Å². The summed E-state index contributed by atoms with van der Waals surface area (Å²) >= 11 is 0. The number of rotatable bonds is 4. The molecule has 2 aromatic heterocycles. The van der Waals surface area contributed by atoms with Crippen LogP contribution in [-0.2, 0) is 4.79 Å². The molecule has 2 heterocycles. The van der Waals surface area contributed by atoms with Gasteiger partial charge < -0.3 is 10.5 Å². The van der Waals surface area contributed by atoms with Crippen LogP contribution in [-0.4, -0.2) is 20.5 Å². The van der Waals surface area contributed by atoms with E-state index in [1.807, 2.05) is 12.1 Å². The molecule has 1 aliphatic rings. The number of carbonyl (C=O) groups is 1. The van der Waals surface area contributed by atoms with Crippen LogP contribution < -0.4 is 15.8 Å². The van der Waals surface area contributed by atoms with Gasteiger partial charge in [-0.2, -0.15) is 4.98 Å². The van der Waals surface area contributed by atoms with Gasteiger partial charge in [0.1, 0.15) is 11.5 Å². The number of hydrogen-bond acceptors (Lipinski definition) is 5. The number of anilines is 2. The molecule has 0 saturated heterocycles. The highest BCUT2D eigenvalue weighted by atomic mass is 16.5. The molecular formula is C16H15N5O2. The van der Waals surface area contributed by atoms with E-state index in [2.05, 4.69) is 15.4 Å². The summed E-state index contributed by atoms with van der Waals surface area (Å²) in [5.74, 6) is 1.68. The van der Waals surface area contributed by atoms with Crippen LogP contribution in [0.4, 0.5) is 11.6 Å². The summed E-state index contributed by atoms with van der Waals surface area (Å²) in [6.45, 7) is 0. The molecule has 0 atom stereocenters. The fourth-order valence-electron chi connectivity index (χ4n) is 2.25. The smallest absolute Gasteiger partial charge is 0.249 e. The number of nitrogens with zero attached hydrogens (tertiary/aromatic N) is 3. The quantitative estimate of drug-likeness (QED) is 0.722. The molecule has 3 aromatic rings. The predicted octanol–water partition coefficient (Wildman–Crippen LogP) is 2.45. The van der Waals surface area contributed by atoms with Crippen LogP contribution in [0.3, 0.4) is 0 Å². The van der Waals surface area contributed by atoms with E-state index in [0.717, 1.165) is 12.8 Å². The lowest BCUT2D eigenvalue weighted by Crippen LogP contribution is -2.14. The molecule has 0 spiro atoms. The summed E-state index contributed by atoms with van der Waals surface area (Å²) < 4.78 is 7.35. The molecule has 1 amide bonds. The largest absolute Gasteiger partial charge is 0.457 e. The standard InChI is InChI=1S/C16H15N5O2/c17-11-2-1-3-12(8-11)23-13-6-7-21-14(9-13)18-16(20-21)19-15(22)10-4-5-10/h1-3,6-10H,4-5,17H2,(H,19,20,22). The fourth-order valence-corrected chi connectivity index (χ4v) is 2.25. The monoisotopic (exact) mass is 309 g/mol. The van der Waals surface area contributed by atoms with Crippen molar-refractivity contribution >= 4 is 23.2 Å². The van der Waals surface area contributed by atoms with Gasteiger partial charge in [-0.05, 0) is 31.0 Å². The van der Waals surface area contributed by atoms with Gasteiger partial charge in [-0.25, -0.2) is 4.52 Å². The summed E-state index contributed by atoms with van der Waals surface area (Å²) in [4.78, 5) is 16.1. The van der Waals surface area contributed by atoms with Gasteiger partial charge in [0.05, 0.1) is 0 Å². The number of fused-ring (bicyclic) bond motifs is 1. The maximum Gasteiger partial charge on any atom is 0.249 e. The van der Waals surface area contributed by atoms with Crippen molar-refractivity contribution in [3.05, 3.63) is 42.6 Å². The van der Waals surface area contributed by atoms with Crippen molar-refractivity contribution in [3.8, 4) is 11.5 Å². The van der Waals surface area contributed by atoms with Gasteiger partial charge >= 0.3 is 0 Å². The van der Waals surface area contributed by atoms with Crippen molar-refractivity contribution in [2.45, 2.75) is 12.8 Å². The van der Waals surface area contributed by atoms with Gasteiger partial charge in [0, 0.05) is 29.9 Å². The van der Waals surface area contributed by atoms with Crippen LogP contribution in [0.5, 0.6) is 11.5 Å². The summed E-state index contributed by atoms with van der Waals surface area (Å²) in [6, 6.07) is 10.7. The van der Waals surface area contributed by atoms with E-state index < -0.39 is 0 Å². The minimum Gasteiger partial charge on any atom is -0.457 e. The number of carbonyl (C=O) groups excluding carboxylic acids is 1. The molecule has 0 bridgehead atoms. The zero-order valence-corrected chi connectivity index (χ0v) is 12.3. The van der Waals surface area contributed by atoms with E-state index in [1.165, 1.54) is 0 Å². The fraction of sp³-hybridized carbons (Fsp3) is 0.188. The summed E-state index contributed by atoms with van der Waals surface area (Å²) in [5.41, 5.74) is 6.97. The maximum atomic E-state index is 11.8. The lowest BCUT2D eigenvalue weighted by molar-refractivity contribution is -0.117. The molecule has 3 N–H and O–H groups in total. The van der Waals surface area contributed by atoms with E-state index in [9.17, 15) is 4.79 Å². The molecule has 7 heteroatoms. The number of amides is 1. The van der Waals surface area contributed by atoms with E-state index in [4.69, 9.17) is 10.5 Å². The molecular weight excluding hydrogens is 294 g/mol. The molecule has 1 aliphatic carbocycles. The number of nitrogens with two attached hydrogens (primary N) is 1. The number of pyridine rings is 1. The number of aromatic nitrogens is 3. The number of benzene rings is 1. The lowest BCUT2D eigenvalue weighted by atomic mass is 10.3. The van der Waals surface area contributed by atoms with E-state index in [0.29, 0.717) is 28.8 Å². The average molecular weight is 309 g/mol. The second-order valence-corrected chi connectivity index (χ2v) is 5.54. The predicted molar refractivity (Wildman–Crippen MR) is 85.3 cm³/mol. The van der Waals surface area contributed by atoms with Crippen LogP contribution in [0.15, 0.2) is 42.6 Å². The Hall–Kier alpha value is -3.09. The third kappa shape index (κ3) is 2.94. The molecule has 7 nitrogen and oxygen atoms in total. The van der Waals surface area contributed by atoms with Crippen molar-refractivity contribution in [2.24, 2.45) is 5.92 Å². The number of nitrogen functional groups attached to an aromatic ring is 1. The highest BCUT2D eigenvalue weighted by Gasteiger charge is 2.30. The molecule has 4 rings (SSSR count). The Morgan fingerprint density at radius 3 is 2.87 bits per heavy atom. The van der Waals surface area contributed by atoms with Gasteiger partial charge in [-0.1, -0.05) is 6.07 Å². The first-order valence-corrected chi connectivity index (χ1v) is 7.38. The van der Waals surface area contributed by atoms with Crippen LogP contribution in [0, 0.1) is 5.92 Å². The molecule has 0 radical (unpaired) electrons. The average Bonchev–Trinajstić information content (AvgIpc) is 3.29. The number of nitrogens with one attached hydrogen (secondary N) is 1. The van der Waals surface area contributed by atoms with Gasteiger partial charge in [0.25, 0.3) is 0 Å². The Labute approximate surface area is 132 Å². The van der Waals surface area contributed by atoms with Gasteiger partial charge in [0.15, 0.2) is 5.65 Å². The van der Waals surface area contributed by atoms with E-state index in [-0.39, 0.29) is 11.8 Å². The van der Waals surface area contributed by atoms with Crippen molar-refractivity contribution in [3.63, 3.8) is 0 Å².